The van der Waals surface area contributed by atoms with Gasteiger partial charge in [0.25, 0.3) is 5.78 Å². The molecule has 0 aliphatic carbocycles. The minimum Gasteiger partial charge on any atom is -0.219 e. The molecule has 0 aliphatic heterocycles. The van der Waals surface area contributed by atoms with Crippen molar-refractivity contribution in [1.29, 1.82) is 0 Å². The van der Waals surface area contributed by atoms with E-state index in [0.29, 0.717) is 12.2 Å². The fraction of sp³-hybridized carbons (Fsp3) is 0.286. The van der Waals surface area contributed by atoms with Crippen LogP contribution < -0.4 is 0 Å². The van der Waals surface area contributed by atoms with Crippen LogP contribution in [0.2, 0.25) is 0 Å². The third kappa shape index (κ3) is 2.63. The molecule has 8 heteroatoms. The van der Waals surface area contributed by atoms with Crippen molar-refractivity contribution in [2.24, 2.45) is 0 Å². The van der Waals surface area contributed by atoms with Crippen molar-refractivity contribution in [3.63, 3.8) is 0 Å². The molecule has 15 heavy (non-hydrogen) atoms. The molecule has 0 unspecified atom stereocenters. The number of aromatic nitrogens is 4. The Morgan fingerprint density at radius 3 is 2.93 bits per heavy atom. The van der Waals surface area contributed by atoms with Crippen LogP contribution in [0.1, 0.15) is 5.56 Å². The molecule has 2 rings (SSSR count). The quantitative estimate of drug-likeness (QED) is 0.725. The van der Waals surface area contributed by atoms with Crippen molar-refractivity contribution in [2.75, 3.05) is 5.75 Å². The zero-order valence-electron chi connectivity index (χ0n) is 7.54. The Bertz CT molecular complexity index is 579. The normalized spacial score (nSPS) is 12.1. The molecule has 0 amide bonds. The van der Waals surface area contributed by atoms with Crippen LogP contribution in [-0.2, 0) is 15.5 Å². The lowest BCUT2D eigenvalue weighted by Crippen LogP contribution is -2.03. The van der Waals surface area contributed by atoms with Crippen molar-refractivity contribution in [2.45, 2.75) is 6.42 Å². The summed E-state index contributed by atoms with van der Waals surface area (Å²) in [4.78, 5) is 7.86. The molecular formula is C7H7ClN4O2S. The monoisotopic (exact) mass is 246 g/mol. The molecule has 0 spiro atoms. The van der Waals surface area contributed by atoms with Crippen molar-refractivity contribution < 1.29 is 8.42 Å². The van der Waals surface area contributed by atoms with E-state index in [0.717, 1.165) is 5.56 Å². The molecule has 2 heterocycles. The van der Waals surface area contributed by atoms with E-state index in [1.54, 1.807) is 12.4 Å². The zero-order valence-corrected chi connectivity index (χ0v) is 9.11. The number of aryl methyl sites for hydroxylation is 1. The van der Waals surface area contributed by atoms with Crippen molar-refractivity contribution in [1.82, 2.24) is 19.6 Å². The number of fused-ring (bicyclic) bond motifs is 1. The highest BCUT2D eigenvalue weighted by molar-refractivity contribution is 8.13. The van der Waals surface area contributed by atoms with Crippen LogP contribution in [0.4, 0.5) is 0 Å². The fourth-order valence-corrected chi connectivity index (χ4v) is 1.84. The maximum Gasteiger partial charge on any atom is 0.252 e. The van der Waals surface area contributed by atoms with Gasteiger partial charge in [-0.05, 0) is 12.0 Å². The van der Waals surface area contributed by atoms with Crippen LogP contribution in [-0.4, -0.2) is 33.8 Å². The highest BCUT2D eigenvalue weighted by Gasteiger charge is 2.06. The van der Waals surface area contributed by atoms with Gasteiger partial charge in [0.05, 0.1) is 5.75 Å². The Morgan fingerprint density at radius 1 is 1.40 bits per heavy atom. The minimum absolute atomic E-state index is 0.115. The predicted octanol–water partition coefficient (Wildman–Crippen LogP) is 0.235. The summed E-state index contributed by atoms with van der Waals surface area (Å²) in [6.45, 7) is 0. The van der Waals surface area contributed by atoms with Gasteiger partial charge in [-0.3, -0.25) is 0 Å². The number of hydrogen-bond acceptors (Lipinski definition) is 5. The van der Waals surface area contributed by atoms with Gasteiger partial charge in [0, 0.05) is 23.1 Å². The van der Waals surface area contributed by atoms with E-state index in [4.69, 9.17) is 10.7 Å². The van der Waals surface area contributed by atoms with Gasteiger partial charge in [-0.1, -0.05) is 0 Å². The van der Waals surface area contributed by atoms with E-state index in [1.165, 1.54) is 10.8 Å². The predicted molar refractivity (Wildman–Crippen MR) is 54.1 cm³/mol. The molecule has 6 nitrogen and oxygen atoms in total. The van der Waals surface area contributed by atoms with E-state index in [1.807, 2.05) is 0 Å². The summed E-state index contributed by atoms with van der Waals surface area (Å²) in [5, 5.41) is 3.88. The smallest absolute Gasteiger partial charge is 0.219 e. The van der Waals surface area contributed by atoms with Gasteiger partial charge in [0.15, 0.2) is 0 Å². The van der Waals surface area contributed by atoms with Gasteiger partial charge in [0.1, 0.15) is 6.33 Å². The Labute approximate surface area is 90.3 Å². The molecule has 0 fully saturated rings. The molecule has 0 atom stereocenters. The number of halogens is 1. The Hall–Kier alpha value is -1.21. The summed E-state index contributed by atoms with van der Waals surface area (Å²) in [5.74, 6) is 0.365. The summed E-state index contributed by atoms with van der Waals surface area (Å²) in [6, 6.07) is 0. The summed E-state index contributed by atoms with van der Waals surface area (Å²) >= 11 is 0. The average Bonchev–Trinajstić information content (AvgIpc) is 2.60. The largest absolute Gasteiger partial charge is 0.252 e. The third-order valence-corrected chi connectivity index (χ3v) is 2.98. The van der Waals surface area contributed by atoms with Crippen molar-refractivity contribution in [3.8, 4) is 0 Å². The molecule has 0 radical (unpaired) electrons. The second kappa shape index (κ2) is 3.74. The summed E-state index contributed by atoms with van der Waals surface area (Å²) < 4.78 is 22.9. The van der Waals surface area contributed by atoms with Gasteiger partial charge in [-0.25, -0.2) is 17.9 Å². The van der Waals surface area contributed by atoms with E-state index >= 15 is 0 Å². The standard InChI is InChI=1S/C7H7ClN4O2S/c8-15(13,14)2-1-6-3-9-7-10-5-11-12(7)4-6/h3-5H,1-2H2. The first-order valence-electron chi connectivity index (χ1n) is 4.11. The van der Waals surface area contributed by atoms with Crippen LogP contribution >= 0.6 is 10.7 Å². The van der Waals surface area contributed by atoms with E-state index in [2.05, 4.69) is 15.1 Å². The lowest BCUT2D eigenvalue weighted by atomic mass is 10.3. The molecule has 2 aromatic rings. The fourth-order valence-electron chi connectivity index (χ4n) is 1.13. The second-order valence-corrected chi connectivity index (χ2v) is 5.86. The minimum atomic E-state index is -3.46. The molecule has 80 valence electrons. The summed E-state index contributed by atoms with van der Waals surface area (Å²) in [5.41, 5.74) is 0.747. The molecule has 0 bridgehead atoms. The lowest BCUT2D eigenvalue weighted by Gasteiger charge is -1.98. The maximum atomic E-state index is 10.7. The van der Waals surface area contributed by atoms with Gasteiger partial charge in [-0.15, -0.1) is 0 Å². The average molecular weight is 247 g/mol. The third-order valence-electron chi connectivity index (χ3n) is 1.82. The van der Waals surface area contributed by atoms with Crippen LogP contribution in [0.3, 0.4) is 0 Å². The topological polar surface area (TPSA) is 77.2 Å². The van der Waals surface area contributed by atoms with Gasteiger partial charge in [0.2, 0.25) is 9.05 Å². The number of hydrogen-bond donors (Lipinski definition) is 0. The van der Waals surface area contributed by atoms with Gasteiger partial charge < -0.3 is 0 Å². The van der Waals surface area contributed by atoms with Crippen molar-refractivity contribution >= 4 is 25.5 Å². The Morgan fingerprint density at radius 2 is 2.20 bits per heavy atom. The van der Waals surface area contributed by atoms with Gasteiger partial charge in [-0.2, -0.15) is 10.1 Å². The highest BCUT2D eigenvalue weighted by Crippen LogP contribution is 2.04. The first kappa shape index (κ1) is 10.3. The zero-order chi connectivity index (χ0) is 10.9. The maximum absolute atomic E-state index is 10.7. The Kier molecular flexibility index (Phi) is 2.57. The van der Waals surface area contributed by atoms with Gasteiger partial charge >= 0.3 is 0 Å². The second-order valence-electron chi connectivity index (χ2n) is 2.96. The molecule has 0 N–H and O–H groups in total. The Balaban J connectivity index is 2.21. The SMILES string of the molecule is O=S(=O)(Cl)CCc1cnc2ncnn2c1. The number of rotatable bonds is 3. The molecule has 0 saturated carbocycles. The van der Waals surface area contributed by atoms with Crippen LogP contribution in [0.25, 0.3) is 5.78 Å². The van der Waals surface area contributed by atoms with E-state index in [9.17, 15) is 8.42 Å². The van der Waals surface area contributed by atoms with Crippen LogP contribution in [0, 0.1) is 0 Å². The molecule has 0 aromatic carbocycles. The summed E-state index contributed by atoms with van der Waals surface area (Å²) in [7, 11) is 1.63. The molecule has 0 aliphatic rings. The first-order chi connectivity index (χ1) is 7.04. The molecular weight excluding hydrogens is 240 g/mol. The summed E-state index contributed by atoms with van der Waals surface area (Å²) in [6.07, 6.45) is 4.93. The number of nitrogens with zero attached hydrogens (tertiary/aromatic N) is 4. The van der Waals surface area contributed by atoms with E-state index in [-0.39, 0.29) is 5.75 Å². The van der Waals surface area contributed by atoms with Crippen LogP contribution in [0.5, 0.6) is 0 Å². The highest BCUT2D eigenvalue weighted by atomic mass is 35.7. The molecule has 0 saturated heterocycles. The molecule has 2 aromatic heterocycles. The first-order valence-corrected chi connectivity index (χ1v) is 6.59. The van der Waals surface area contributed by atoms with E-state index < -0.39 is 9.05 Å². The lowest BCUT2D eigenvalue weighted by molar-refractivity contribution is 0.608. The van der Waals surface area contributed by atoms with Crippen LogP contribution in [0.15, 0.2) is 18.7 Å². The van der Waals surface area contributed by atoms with Crippen molar-refractivity contribution in [3.05, 3.63) is 24.3 Å².